The molecule has 3 nitrogen and oxygen atoms in total. The minimum Gasteiger partial charge on any atom is -0.308 e. The second-order valence-electron chi connectivity index (χ2n) is 2.79. The molecule has 68 valence electrons. The summed E-state index contributed by atoms with van der Waals surface area (Å²) in [7, 11) is 0. The molecule has 0 radical (unpaired) electrons. The molecule has 1 N–H and O–H groups in total. The van der Waals surface area contributed by atoms with Crippen molar-refractivity contribution in [2.24, 2.45) is 0 Å². The quantitative estimate of drug-likeness (QED) is 0.760. The Bertz CT molecular complexity index is 194. The van der Waals surface area contributed by atoms with Crippen molar-refractivity contribution in [1.82, 2.24) is 14.9 Å². The second kappa shape index (κ2) is 5.22. The van der Waals surface area contributed by atoms with E-state index >= 15 is 0 Å². The molecule has 1 aromatic heterocycles. The molecule has 1 rings (SSSR count). The van der Waals surface area contributed by atoms with Gasteiger partial charge in [-0.2, -0.15) is 0 Å². The Morgan fingerprint density at radius 1 is 1.50 bits per heavy atom. The Balaban J connectivity index is 2.25. The molecule has 1 heterocycles. The second-order valence-corrected chi connectivity index (χ2v) is 3.40. The van der Waals surface area contributed by atoms with E-state index in [1.807, 2.05) is 5.38 Å². The maximum absolute atomic E-state index is 3.96. The van der Waals surface area contributed by atoms with Gasteiger partial charge in [0, 0.05) is 18.0 Å². The monoisotopic (exact) mass is 185 g/mol. The van der Waals surface area contributed by atoms with Crippen LogP contribution in [0, 0.1) is 0 Å². The van der Waals surface area contributed by atoms with Gasteiger partial charge in [-0.15, -0.1) is 5.10 Å². The van der Waals surface area contributed by atoms with Crippen molar-refractivity contribution in [3.63, 3.8) is 0 Å². The van der Waals surface area contributed by atoms with Gasteiger partial charge in [0.15, 0.2) is 0 Å². The predicted octanol–water partition coefficient (Wildman–Crippen LogP) is 1.82. The lowest BCUT2D eigenvalue weighted by atomic mass is 10.2. The first-order valence-electron chi connectivity index (χ1n) is 4.36. The highest BCUT2D eigenvalue weighted by molar-refractivity contribution is 7.03. The van der Waals surface area contributed by atoms with E-state index in [0.717, 1.165) is 12.2 Å². The maximum atomic E-state index is 3.96. The lowest BCUT2D eigenvalue weighted by Crippen LogP contribution is -2.27. The minimum atomic E-state index is 0.617. The van der Waals surface area contributed by atoms with Crippen molar-refractivity contribution in [2.45, 2.75) is 39.3 Å². The summed E-state index contributed by atoms with van der Waals surface area (Å²) in [4.78, 5) is 0. The highest BCUT2D eigenvalue weighted by atomic mass is 32.1. The van der Waals surface area contributed by atoms with Crippen LogP contribution in [0.2, 0.25) is 0 Å². The van der Waals surface area contributed by atoms with Crippen LogP contribution in [0.15, 0.2) is 5.38 Å². The molecular formula is C8H15N3S. The zero-order chi connectivity index (χ0) is 8.81. The van der Waals surface area contributed by atoms with Gasteiger partial charge in [0.05, 0.1) is 5.69 Å². The molecule has 0 aliphatic rings. The lowest BCUT2D eigenvalue weighted by Gasteiger charge is -2.12. The van der Waals surface area contributed by atoms with Gasteiger partial charge in [-0.3, -0.25) is 0 Å². The molecule has 0 fully saturated rings. The number of hydrogen-bond acceptors (Lipinski definition) is 4. The summed E-state index contributed by atoms with van der Waals surface area (Å²) in [6.45, 7) is 5.24. The van der Waals surface area contributed by atoms with Crippen molar-refractivity contribution in [3.05, 3.63) is 11.1 Å². The molecule has 0 aliphatic heterocycles. The lowest BCUT2D eigenvalue weighted by molar-refractivity contribution is 0.480. The molecular weight excluding hydrogens is 170 g/mol. The molecule has 0 bridgehead atoms. The summed E-state index contributed by atoms with van der Waals surface area (Å²) in [6.07, 6.45) is 2.35. The van der Waals surface area contributed by atoms with E-state index < -0.39 is 0 Å². The molecule has 1 aromatic rings. The summed E-state index contributed by atoms with van der Waals surface area (Å²) in [5.41, 5.74) is 1.05. The van der Waals surface area contributed by atoms with E-state index in [1.54, 1.807) is 0 Å². The third-order valence-corrected chi connectivity index (χ3v) is 2.52. The topological polar surface area (TPSA) is 37.8 Å². The van der Waals surface area contributed by atoms with Crippen molar-refractivity contribution >= 4 is 11.5 Å². The molecule has 12 heavy (non-hydrogen) atoms. The fraction of sp³-hybridized carbons (Fsp3) is 0.750. The highest BCUT2D eigenvalue weighted by Gasteiger charge is 2.02. The number of nitrogens with one attached hydrogen (secondary N) is 1. The van der Waals surface area contributed by atoms with Crippen LogP contribution in [-0.4, -0.2) is 15.6 Å². The van der Waals surface area contributed by atoms with Crippen LogP contribution in [0.5, 0.6) is 0 Å². The van der Waals surface area contributed by atoms with Crippen molar-refractivity contribution in [2.75, 3.05) is 0 Å². The van der Waals surface area contributed by atoms with E-state index in [2.05, 4.69) is 28.8 Å². The zero-order valence-corrected chi connectivity index (χ0v) is 8.40. The van der Waals surface area contributed by atoms with Crippen LogP contribution >= 0.6 is 11.5 Å². The van der Waals surface area contributed by atoms with Crippen molar-refractivity contribution < 1.29 is 0 Å². The Morgan fingerprint density at radius 2 is 2.25 bits per heavy atom. The summed E-state index contributed by atoms with van der Waals surface area (Å²) in [5, 5.41) is 9.37. The van der Waals surface area contributed by atoms with Crippen LogP contribution in [-0.2, 0) is 6.54 Å². The van der Waals surface area contributed by atoms with Crippen LogP contribution < -0.4 is 5.32 Å². The first-order valence-corrected chi connectivity index (χ1v) is 5.19. The molecule has 0 saturated heterocycles. The Morgan fingerprint density at radius 3 is 2.75 bits per heavy atom. The normalized spacial score (nSPS) is 10.9. The van der Waals surface area contributed by atoms with E-state index in [1.165, 1.54) is 24.4 Å². The van der Waals surface area contributed by atoms with Crippen molar-refractivity contribution in [1.29, 1.82) is 0 Å². The van der Waals surface area contributed by atoms with Crippen LogP contribution in [0.25, 0.3) is 0 Å². The first-order chi connectivity index (χ1) is 5.86. The van der Waals surface area contributed by atoms with E-state index in [9.17, 15) is 0 Å². The highest BCUT2D eigenvalue weighted by Crippen LogP contribution is 2.00. The zero-order valence-electron chi connectivity index (χ0n) is 7.58. The van der Waals surface area contributed by atoms with Gasteiger partial charge in [-0.05, 0) is 24.4 Å². The average Bonchev–Trinajstić information content (AvgIpc) is 2.59. The molecule has 0 spiro atoms. The number of nitrogens with zero attached hydrogens (tertiary/aromatic N) is 2. The Kier molecular flexibility index (Phi) is 4.18. The molecule has 0 saturated carbocycles. The van der Waals surface area contributed by atoms with Crippen molar-refractivity contribution in [3.8, 4) is 0 Å². The van der Waals surface area contributed by atoms with E-state index in [-0.39, 0.29) is 0 Å². The maximum Gasteiger partial charge on any atom is 0.0893 e. The van der Waals surface area contributed by atoms with Gasteiger partial charge in [0.2, 0.25) is 0 Å². The molecule has 4 heteroatoms. The fourth-order valence-corrected chi connectivity index (χ4v) is 1.54. The molecule has 0 atom stereocenters. The molecule has 0 unspecified atom stereocenters. The fourth-order valence-electron chi connectivity index (χ4n) is 1.09. The predicted molar refractivity (Wildman–Crippen MR) is 51.1 cm³/mol. The summed E-state index contributed by atoms with van der Waals surface area (Å²) >= 11 is 1.41. The van der Waals surface area contributed by atoms with Crippen LogP contribution in [0.4, 0.5) is 0 Å². The Labute approximate surface area is 77.4 Å². The minimum absolute atomic E-state index is 0.617. The third-order valence-electron chi connectivity index (χ3n) is 1.96. The SMILES string of the molecule is CCC(CC)NCc1csnn1. The Hall–Kier alpha value is -0.480. The first kappa shape index (κ1) is 9.61. The number of hydrogen-bond donors (Lipinski definition) is 1. The standard InChI is InChI=1S/C8H15N3S/c1-3-7(4-2)9-5-8-6-12-11-10-8/h6-7,9H,3-5H2,1-2H3. The van der Waals surface area contributed by atoms with Crippen LogP contribution in [0.3, 0.4) is 0 Å². The largest absolute Gasteiger partial charge is 0.308 e. The van der Waals surface area contributed by atoms with Gasteiger partial charge in [0.25, 0.3) is 0 Å². The summed E-state index contributed by atoms with van der Waals surface area (Å²) in [6, 6.07) is 0.617. The number of aromatic nitrogens is 2. The average molecular weight is 185 g/mol. The van der Waals surface area contributed by atoms with Crippen LogP contribution in [0.1, 0.15) is 32.4 Å². The van der Waals surface area contributed by atoms with Gasteiger partial charge in [-0.1, -0.05) is 18.3 Å². The van der Waals surface area contributed by atoms with E-state index in [0.29, 0.717) is 6.04 Å². The third kappa shape index (κ3) is 2.87. The van der Waals surface area contributed by atoms with E-state index in [4.69, 9.17) is 0 Å². The summed E-state index contributed by atoms with van der Waals surface area (Å²) < 4.78 is 3.80. The molecule has 0 aliphatic carbocycles. The molecule has 0 aromatic carbocycles. The summed E-state index contributed by atoms with van der Waals surface area (Å²) in [5.74, 6) is 0. The smallest absolute Gasteiger partial charge is 0.0893 e. The number of rotatable bonds is 5. The van der Waals surface area contributed by atoms with Gasteiger partial charge < -0.3 is 5.32 Å². The van der Waals surface area contributed by atoms with Gasteiger partial charge >= 0.3 is 0 Å². The molecule has 0 amide bonds. The van der Waals surface area contributed by atoms with Gasteiger partial charge in [0.1, 0.15) is 0 Å². The van der Waals surface area contributed by atoms with Gasteiger partial charge in [-0.25, -0.2) is 0 Å².